The van der Waals surface area contributed by atoms with Crippen molar-refractivity contribution in [1.29, 1.82) is 0 Å². The molecule has 28 heavy (non-hydrogen) atoms. The maximum absolute atomic E-state index is 13.2. The van der Waals surface area contributed by atoms with Gasteiger partial charge >= 0.3 is 0 Å². The van der Waals surface area contributed by atoms with E-state index in [1.54, 1.807) is 42.2 Å². The number of nitrogens with one attached hydrogen (secondary N) is 1. The molecule has 0 spiro atoms. The number of aromatic nitrogens is 4. The summed E-state index contributed by atoms with van der Waals surface area (Å²) in [7, 11) is 0. The van der Waals surface area contributed by atoms with Gasteiger partial charge in [0.2, 0.25) is 0 Å². The van der Waals surface area contributed by atoms with E-state index in [1.807, 2.05) is 6.07 Å². The van der Waals surface area contributed by atoms with E-state index in [9.17, 15) is 9.18 Å². The van der Waals surface area contributed by atoms with E-state index in [-0.39, 0.29) is 22.3 Å². The predicted molar refractivity (Wildman–Crippen MR) is 104 cm³/mol. The molecule has 0 saturated carbocycles. The molecule has 0 saturated heterocycles. The topological polar surface area (TPSA) is 72.7 Å². The number of hydrogen-bond acceptors (Lipinski definition) is 4. The molecule has 0 atom stereocenters. The molecule has 6 nitrogen and oxygen atoms in total. The highest BCUT2D eigenvalue weighted by molar-refractivity contribution is 6.38. The van der Waals surface area contributed by atoms with Crippen molar-refractivity contribution in [2.75, 3.05) is 0 Å². The van der Waals surface area contributed by atoms with Crippen molar-refractivity contribution < 1.29 is 9.18 Å². The predicted octanol–water partition coefficient (Wildman–Crippen LogP) is 3.85. The standard InChI is InChI=1S/C20H15ClFN5O/c1-12-17-18(21)16(20(28)25-10-13-3-2-8-23-9-13)11-24-19(17)27(26-12)15-6-4-14(22)5-7-15/h2-9,11H,10H2,1H3,(H,25,28). The van der Waals surface area contributed by atoms with Crippen LogP contribution in [-0.4, -0.2) is 25.7 Å². The molecule has 0 unspecified atom stereocenters. The summed E-state index contributed by atoms with van der Waals surface area (Å²) in [5.74, 6) is -0.673. The summed E-state index contributed by atoms with van der Waals surface area (Å²) in [5.41, 5.74) is 2.91. The van der Waals surface area contributed by atoms with Crippen LogP contribution in [0.1, 0.15) is 21.6 Å². The summed E-state index contributed by atoms with van der Waals surface area (Å²) in [5, 5.41) is 8.13. The number of carbonyl (C=O) groups is 1. The second-order valence-electron chi connectivity index (χ2n) is 6.20. The first-order valence-corrected chi connectivity index (χ1v) is 8.89. The van der Waals surface area contributed by atoms with Crippen LogP contribution in [0.15, 0.2) is 55.0 Å². The van der Waals surface area contributed by atoms with Gasteiger partial charge in [-0.25, -0.2) is 14.1 Å². The second-order valence-corrected chi connectivity index (χ2v) is 6.58. The van der Waals surface area contributed by atoms with E-state index in [4.69, 9.17) is 11.6 Å². The smallest absolute Gasteiger partial charge is 0.254 e. The number of nitrogens with zero attached hydrogens (tertiary/aromatic N) is 4. The number of pyridine rings is 2. The van der Waals surface area contributed by atoms with Gasteiger partial charge in [-0.15, -0.1) is 0 Å². The SMILES string of the molecule is Cc1nn(-c2ccc(F)cc2)c2ncc(C(=O)NCc3cccnc3)c(Cl)c12. The van der Waals surface area contributed by atoms with Crippen LogP contribution < -0.4 is 5.32 Å². The molecular formula is C20H15ClFN5O. The van der Waals surface area contributed by atoms with E-state index < -0.39 is 0 Å². The zero-order chi connectivity index (χ0) is 19.7. The van der Waals surface area contributed by atoms with Crippen LogP contribution in [-0.2, 0) is 6.54 Å². The molecule has 1 N–H and O–H groups in total. The van der Waals surface area contributed by atoms with Crippen LogP contribution >= 0.6 is 11.6 Å². The Kier molecular flexibility index (Phi) is 4.75. The molecule has 3 heterocycles. The zero-order valence-electron chi connectivity index (χ0n) is 14.9. The van der Waals surface area contributed by atoms with Gasteiger partial charge in [0.15, 0.2) is 5.65 Å². The molecular weight excluding hydrogens is 381 g/mol. The number of aryl methyl sites for hydroxylation is 1. The molecule has 0 radical (unpaired) electrons. The molecule has 0 bridgehead atoms. The van der Waals surface area contributed by atoms with Crippen molar-refractivity contribution in [2.45, 2.75) is 13.5 Å². The Morgan fingerprint density at radius 2 is 2.00 bits per heavy atom. The summed E-state index contributed by atoms with van der Waals surface area (Å²) in [6.45, 7) is 2.11. The van der Waals surface area contributed by atoms with Crippen molar-refractivity contribution in [3.05, 3.63) is 82.6 Å². The first kappa shape index (κ1) is 18.1. The Morgan fingerprint density at radius 3 is 2.71 bits per heavy atom. The summed E-state index contributed by atoms with van der Waals surface area (Å²) in [6, 6.07) is 9.57. The summed E-state index contributed by atoms with van der Waals surface area (Å²) < 4.78 is 14.8. The normalized spacial score (nSPS) is 11.0. The van der Waals surface area contributed by atoms with Gasteiger partial charge in [-0.3, -0.25) is 9.78 Å². The molecule has 140 valence electrons. The van der Waals surface area contributed by atoms with Crippen molar-refractivity contribution in [3.63, 3.8) is 0 Å². The van der Waals surface area contributed by atoms with Crippen molar-refractivity contribution in [3.8, 4) is 5.69 Å². The number of amides is 1. The number of benzene rings is 1. The summed E-state index contributed by atoms with van der Waals surface area (Å²) in [4.78, 5) is 21.0. The lowest BCUT2D eigenvalue weighted by Crippen LogP contribution is -2.23. The van der Waals surface area contributed by atoms with Gasteiger partial charge in [-0.05, 0) is 42.8 Å². The maximum atomic E-state index is 13.2. The van der Waals surface area contributed by atoms with Crippen LogP contribution in [0.5, 0.6) is 0 Å². The maximum Gasteiger partial charge on any atom is 0.254 e. The second kappa shape index (κ2) is 7.36. The van der Waals surface area contributed by atoms with Gasteiger partial charge in [-0.2, -0.15) is 5.10 Å². The first-order chi connectivity index (χ1) is 13.5. The lowest BCUT2D eigenvalue weighted by Gasteiger charge is -2.08. The van der Waals surface area contributed by atoms with Gasteiger partial charge in [0, 0.05) is 25.1 Å². The van der Waals surface area contributed by atoms with Crippen LogP contribution in [0.2, 0.25) is 5.02 Å². The Hall–Kier alpha value is -3.32. The Balaban J connectivity index is 1.68. The van der Waals surface area contributed by atoms with Crippen molar-refractivity contribution in [1.82, 2.24) is 25.1 Å². The fourth-order valence-corrected chi connectivity index (χ4v) is 3.27. The highest BCUT2D eigenvalue weighted by atomic mass is 35.5. The summed E-state index contributed by atoms with van der Waals surface area (Å²) >= 11 is 6.52. The molecule has 0 aliphatic carbocycles. The quantitative estimate of drug-likeness (QED) is 0.569. The number of fused-ring (bicyclic) bond motifs is 1. The third-order valence-electron chi connectivity index (χ3n) is 4.30. The Morgan fingerprint density at radius 1 is 1.21 bits per heavy atom. The molecule has 1 aromatic carbocycles. The van der Waals surface area contributed by atoms with Gasteiger partial charge in [0.25, 0.3) is 5.91 Å². The van der Waals surface area contributed by atoms with Crippen molar-refractivity contribution >= 4 is 28.5 Å². The number of carbonyl (C=O) groups excluding carboxylic acids is 1. The molecule has 0 fully saturated rings. The monoisotopic (exact) mass is 395 g/mol. The Labute approximate surface area is 165 Å². The minimum absolute atomic E-state index is 0.264. The average Bonchev–Trinajstić information content (AvgIpc) is 3.05. The molecule has 0 aliphatic heterocycles. The lowest BCUT2D eigenvalue weighted by atomic mass is 10.2. The fraction of sp³-hybridized carbons (Fsp3) is 0.100. The van der Waals surface area contributed by atoms with Crippen LogP contribution in [0, 0.1) is 12.7 Å². The van der Waals surface area contributed by atoms with E-state index in [0.29, 0.717) is 29.0 Å². The first-order valence-electron chi connectivity index (χ1n) is 8.51. The molecule has 1 amide bonds. The third kappa shape index (κ3) is 3.32. The number of halogens is 2. The highest BCUT2D eigenvalue weighted by Gasteiger charge is 2.20. The number of hydrogen-bond donors (Lipinski definition) is 1. The Bertz CT molecular complexity index is 1160. The minimum atomic E-state index is -0.338. The van der Waals surface area contributed by atoms with E-state index in [0.717, 1.165) is 5.56 Å². The van der Waals surface area contributed by atoms with Gasteiger partial charge in [0.05, 0.1) is 27.4 Å². The number of rotatable bonds is 4. The van der Waals surface area contributed by atoms with Crippen LogP contribution in [0.25, 0.3) is 16.7 Å². The summed E-state index contributed by atoms with van der Waals surface area (Å²) in [6.07, 6.45) is 4.77. The largest absolute Gasteiger partial charge is 0.348 e. The van der Waals surface area contributed by atoms with E-state index >= 15 is 0 Å². The van der Waals surface area contributed by atoms with Gasteiger partial charge in [-0.1, -0.05) is 17.7 Å². The highest BCUT2D eigenvalue weighted by Crippen LogP contribution is 2.30. The van der Waals surface area contributed by atoms with Crippen LogP contribution in [0.4, 0.5) is 4.39 Å². The van der Waals surface area contributed by atoms with Crippen LogP contribution in [0.3, 0.4) is 0 Å². The minimum Gasteiger partial charge on any atom is -0.348 e. The molecule has 4 aromatic rings. The zero-order valence-corrected chi connectivity index (χ0v) is 15.6. The molecule has 0 aliphatic rings. The third-order valence-corrected chi connectivity index (χ3v) is 4.69. The molecule has 4 rings (SSSR count). The van der Waals surface area contributed by atoms with E-state index in [1.165, 1.54) is 18.3 Å². The average molecular weight is 396 g/mol. The fourth-order valence-electron chi connectivity index (χ4n) is 2.91. The molecule has 8 heteroatoms. The lowest BCUT2D eigenvalue weighted by molar-refractivity contribution is 0.0951. The van der Waals surface area contributed by atoms with Gasteiger partial charge in [0.1, 0.15) is 5.82 Å². The molecule has 3 aromatic heterocycles. The van der Waals surface area contributed by atoms with Gasteiger partial charge < -0.3 is 5.32 Å². The van der Waals surface area contributed by atoms with E-state index in [2.05, 4.69) is 20.4 Å². The van der Waals surface area contributed by atoms with Crippen molar-refractivity contribution in [2.24, 2.45) is 0 Å².